The lowest BCUT2D eigenvalue weighted by Crippen LogP contribution is -2.34. The summed E-state index contributed by atoms with van der Waals surface area (Å²) in [5.41, 5.74) is 7.30. The zero-order valence-electron chi connectivity index (χ0n) is 11.7. The lowest BCUT2D eigenvalue weighted by atomic mass is 10.1. The van der Waals surface area contributed by atoms with Gasteiger partial charge >= 0.3 is 0 Å². The van der Waals surface area contributed by atoms with E-state index in [2.05, 4.69) is 9.62 Å². The predicted octanol–water partition coefficient (Wildman–Crippen LogP) is 0.660. The molecule has 20 heavy (non-hydrogen) atoms. The van der Waals surface area contributed by atoms with Gasteiger partial charge in [0.25, 0.3) is 0 Å². The predicted molar refractivity (Wildman–Crippen MR) is 80.6 cm³/mol. The van der Waals surface area contributed by atoms with Gasteiger partial charge in [-0.25, -0.2) is 13.1 Å². The maximum absolute atomic E-state index is 12.1. The van der Waals surface area contributed by atoms with Gasteiger partial charge in [-0.15, -0.1) is 0 Å². The molecule has 0 atom stereocenters. The lowest BCUT2D eigenvalue weighted by Gasteiger charge is -2.15. The van der Waals surface area contributed by atoms with E-state index in [0.717, 1.165) is 30.8 Å². The maximum atomic E-state index is 12.1. The van der Waals surface area contributed by atoms with Crippen molar-refractivity contribution in [3.63, 3.8) is 0 Å². The van der Waals surface area contributed by atoms with Crippen molar-refractivity contribution in [1.29, 1.82) is 0 Å². The van der Waals surface area contributed by atoms with Gasteiger partial charge in [0.15, 0.2) is 0 Å². The number of hydrogen-bond donors (Lipinski definition) is 2. The van der Waals surface area contributed by atoms with Gasteiger partial charge in [-0.05, 0) is 37.1 Å². The Hall–Kier alpha value is -0.950. The van der Waals surface area contributed by atoms with E-state index in [1.54, 1.807) is 0 Å². The number of rotatable bonds is 7. The molecule has 3 N–H and O–H groups in total. The van der Waals surface area contributed by atoms with Crippen LogP contribution in [0.15, 0.2) is 24.3 Å². The molecule has 0 aliphatic carbocycles. The van der Waals surface area contributed by atoms with Crippen LogP contribution in [0.2, 0.25) is 0 Å². The van der Waals surface area contributed by atoms with Crippen molar-refractivity contribution in [2.24, 2.45) is 5.73 Å². The van der Waals surface area contributed by atoms with Gasteiger partial charge in [-0.2, -0.15) is 0 Å². The van der Waals surface area contributed by atoms with Gasteiger partial charge in [0, 0.05) is 19.6 Å². The van der Waals surface area contributed by atoms with Gasteiger partial charge in [0.1, 0.15) is 0 Å². The molecule has 1 heterocycles. The van der Waals surface area contributed by atoms with Gasteiger partial charge in [0.2, 0.25) is 10.0 Å². The van der Waals surface area contributed by atoms with E-state index in [9.17, 15) is 8.42 Å². The van der Waals surface area contributed by atoms with Crippen LogP contribution in [-0.4, -0.2) is 39.5 Å². The highest BCUT2D eigenvalue weighted by Gasteiger charge is 2.15. The van der Waals surface area contributed by atoms with Gasteiger partial charge in [-0.3, -0.25) is 0 Å². The van der Waals surface area contributed by atoms with Crippen LogP contribution in [0.4, 0.5) is 0 Å². The highest BCUT2D eigenvalue weighted by Crippen LogP contribution is 2.11. The number of nitrogens with one attached hydrogen (secondary N) is 1. The van der Waals surface area contributed by atoms with Crippen LogP contribution in [0.25, 0.3) is 0 Å². The minimum atomic E-state index is -3.29. The Labute approximate surface area is 121 Å². The van der Waals surface area contributed by atoms with E-state index in [1.165, 1.54) is 12.8 Å². The van der Waals surface area contributed by atoms with E-state index in [-0.39, 0.29) is 5.75 Å². The van der Waals surface area contributed by atoms with E-state index in [1.807, 2.05) is 24.3 Å². The molecule has 6 heteroatoms. The Balaban J connectivity index is 1.86. The Bertz CT molecular complexity index is 525. The molecule has 0 unspecified atom stereocenters. The number of hydrogen-bond acceptors (Lipinski definition) is 4. The number of sulfonamides is 1. The molecule has 112 valence electrons. The molecule has 0 spiro atoms. The van der Waals surface area contributed by atoms with Crippen molar-refractivity contribution in [1.82, 2.24) is 9.62 Å². The maximum Gasteiger partial charge on any atom is 0.215 e. The molecule has 1 aliphatic heterocycles. The van der Waals surface area contributed by atoms with Gasteiger partial charge in [-0.1, -0.05) is 24.3 Å². The summed E-state index contributed by atoms with van der Waals surface area (Å²) in [7, 11) is -3.29. The van der Waals surface area contributed by atoms with E-state index >= 15 is 0 Å². The molecule has 1 aliphatic rings. The van der Waals surface area contributed by atoms with Gasteiger partial charge in [0.05, 0.1) is 5.75 Å². The monoisotopic (exact) mass is 297 g/mol. The Morgan fingerprint density at radius 2 is 1.80 bits per heavy atom. The fourth-order valence-corrected chi connectivity index (χ4v) is 3.71. The molecule has 5 nitrogen and oxygen atoms in total. The van der Waals surface area contributed by atoms with Crippen LogP contribution in [-0.2, 0) is 22.3 Å². The fourth-order valence-electron chi connectivity index (χ4n) is 2.52. The average molecular weight is 297 g/mol. The Kier molecular flexibility index (Phi) is 5.54. The molecule has 1 aromatic carbocycles. The largest absolute Gasteiger partial charge is 0.326 e. The van der Waals surface area contributed by atoms with Crippen molar-refractivity contribution < 1.29 is 8.42 Å². The summed E-state index contributed by atoms with van der Waals surface area (Å²) >= 11 is 0. The molecular weight excluding hydrogens is 274 g/mol. The summed E-state index contributed by atoms with van der Waals surface area (Å²) in [5.74, 6) is 0.000370. The van der Waals surface area contributed by atoms with Crippen LogP contribution in [0.3, 0.4) is 0 Å². The first-order chi connectivity index (χ1) is 9.61. The second kappa shape index (κ2) is 7.17. The second-order valence-electron chi connectivity index (χ2n) is 5.18. The molecule has 1 saturated heterocycles. The summed E-state index contributed by atoms with van der Waals surface area (Å²) < 4.78 is 26.8. The highest BCUT2D eigenvalue weighted by atomic mass is 32.2. The number of nitrogens with zero attached hydrogens (tertiary/aromatic N) is 1. The number of benzene rings is 1. The van der Waals surface area contributed by atoms with Crippen LogP contribution in [0.1, 0.15) is 24.0 Å². The second-order valence-corrected chi connectivity index (χ2v) is 6.98. The van der Waals surface area contributed by atoms with Crippen molar-refractivity contribution in [2.45, 2.75) is 25.1 Å². The van der Waals surface area contributed by atoms with Crippen LogP contribution in [0, 0.1) is 0 Å². The van der Waals surface area contributed by atoms with Gasteiger partial charge < -0.3 is 10.6 Å². The molecule has 0 bridgehead atoms. The van der Waals surface area contributed by atoms with E-state index < -0.39 is 10.0 Å². The Morgan fingerprint density at radius 3 is 2.45 bits per heavy atom. The lowest BCUT2D eigenvalue weighted by molar-refractivity contribution is 0.344. The summed E-state index contributed by atoms with van der Waals surface area (Å²) in [6.07, 6.45) is 2.44. The standard InChI is InChI=1S/C14H23N3O2S/c15-11-13-5-1-2-6-14(13)12-20(18,19)16-7-10-17-8-3-4-9-17/h1-2,5-6,16H,3-4,7-12,15H2. The minimum Gasteiger partial charge on any atom is -0.326 e. The average Bonchev–Trinajstić information content (AvgIpc) is 2.92. The third-order valence-electron chi connectivity index (χ3n) is 3.63. The molecule has 0 amide bonds. The molecule has 2 rings (SSSR count). The van der Waals surface area contributed by atoms with E-state index in [4.69, 9.17) is 5.73 Å². The summed E-state index contributed by atoms with van der Waals surface area (Å²) in [6, 6.07) is 7.41. The quantitative estimate of drug-likeness (QED) is 0.775. The third-order valence-corrected chi connectivity index (χ3v) is 4.97. The third kappa shape index (κ3) is 4.56. The zero-order chi connectivity index (χ0) is 14.4. The smallest absolute Gasteiger partial charge is 0.215 e. The Morgan fingerprint density at radius 1 is 1.15 bits per heavy atom. The first kappa shape index (κ1) is 15.4. The molecule has 1 fully saturated rings. The topological polar surface area (TPSA) is 75.4 Å². The molecular formula is C14H23N3O2S. The van der Waals surface area contributed by atoms with Crippen molar-refractivity contribution in [3.8, 4) is 0 Å². The summed E-state index contributed by atoms with van der Waals surface area (Å²) in [6.45, 7) is 3.79. The molecule has 1 aromatic rings. The normalized spacial score (nSPS) is 16.6. The first-order valence-corrected chi connectivity index (χ1v) is 8.72. The SMILES string of the molecule is NCc1ccccc1CS(=O)(=O)NCCN1CCCC1. The van der Waals surface area contributed by atoms with Crippen LogP contribution >= 0.6 is 0 Å². The molecule has 0 radical (unpaired) electrons. The number of likely N-dealkylation sites (tertiary alicyclic amines) is 1. The summed E-state index contributed by atoms with van der Waals surface area (Å²) in [4.78, 5) is 2.29. The molecule has 0 saturated carbocycles. The molecule has 0 aromatic heterocycles. The fraction of sp³-hybridized carbons (Fsp3) is 0.571. The first-order valence-electron chi connectivity index (χ1n) is 7.07. The highest BCUT2D eigenvalue weighted by molar-refractivity contribution is 7.88. The van der Waals surface area contributed by atoms with Crippen molar-refractivity contribution >= 4 is 10.0 Å². The summed E-state index contributed by atoms with van der Waals surface area (Å²) in [5, 5.41) is 0. The van der Waals surface area contributed by atoms with Crippen LogP contribution in [0.5, 0.6) is 0 Å². The minimum absolute atomic E-state index is 0.000370. The number of nitrogens with two attached hydrogens (primary N) is 1. The van der Waals surface area contributed by atoms with Crippen molar-refractivity contribution in [2.75, 3.05) is 26.2 Å². The van der Waals surface area contributed by atoms with Crippen molar-refractivity contribution in [3.05, 3.63) is 35.4 Å². The zero-order valence-corrected chi connectivity index (χ0v) is 12.5. The van der Waals surface area contributed by atoms with Crippen LogP contribution < -0.4 is 10.5 Å². The van der Waals surface area contributed by atoms with E-state index in [0.29, 0.717) is 13.1 Å².